The van der Waals surface area contributed by atoms with Gasteiger partial charge in [0.05, 0.1) is 11.6 Å². The molecule has 1 amide bonds. The normalized spacial score (nSPS) is 14.3. The number of rotatable bonds is 3. The first-order chi connectivity index (χ1) is 10.6. The highest BCUT2D eigenvalue weighted by Gasteiger charge is 2.17. The van der Waals surface area contributed by atoms with Crippen molar-refractivity contribution in [3.63, 3.8) is 0 Å². The zero-order valence-electron chi connectivity index (χ0n) is 12.1. The lowest BCUT2D eigenvalue weighted by Crippen LogP contribution is -2.27. The van der Waals surface area contributed by atoms with Crippen molar-refractivity contribution in [2.24, 2.45) is 0 Å². The van der Waals surface area contributed by atoms with E-state index >= 15 is 0 Å². The number of fused-ring (bicyclic) bond motifs is 1. The summed E-state index contributed by atoms with van der Waals surface area (Å²) in [5, 5.41) is 2.78. The van der Waals surface area contributed by atoms with Gasteiger partial charge in [-0.05, 0) is 36.8 Å². The highest BCUT2D eigenvalue weighted by atomic mass is 19.1. The molecule has 0 aliphatic carbocycles. The van der Waals surface area contributed by atoms with Crippen molar-refractivity contribution in [1.82, 2.24) is 5.32 Å². The summed E-state index contributed by atoms with van der Waals surface area (Å²) in [7, 11) is 0. The van der Waals surface area contributed by atoms with Gasteiger partial charge in [0.1, 0.15) is 19.0 Å². The summed E-state index contributed by atoms with van der Waals surface area (Å²) in [6, 6.07) is 11.1. The van der Waals surface area contributed by atoms with Crippen molar-refractivity contribution in [1.29, 1.82) is 0 Å². The van der Waals surface area contributed by atoms with Gasteiger partial charge in [-0.25, -0.2) is 4.39 Å². The molecule has 0 spiro atoms. The first kappa shape index (κ1) is 14.4. The van der Waals surface area contributed by atoms with E-state index in [1.165, 1.54) is 12.1 Å². The summed E-state index contributed by atoms with van der Waals surface area (Å²) in [4.78, 5) is 12.1. The second kappa shape index (κ2) is 6.05. The lowest BCUT2D eigenvalue weighted by Gasteiger charge is -2.21. The Hall–Kier alpha value is -2.56. The van der Waals surface area contributed by atoms with Crippen LogP contribution >= 0.6 is 0 Å². The number of amides is 1. The van der Waals surface area contributed by atoms with Gasteiger partial charge < -0.3 is 14.8 Å². The molecule has 0 saturated carbocycles. The maximum absolute atomic E-state index is 13.6. The maximum atomic E-state index is 13.6. The molecule has 0 aromatic heterocycles. The monoisotopic (exact) mass is 301 g/mol. The number of carbonyl (C=O) groups excluding carboxylic acids is 1. The number of benzene rings is 2. The predicted octanol–water partition coefficient (Wildman–Crippen LogP) is 3.09. The van der Waals surface area contributed by atoms with E-state index < -0.39 is 11.7 Å². The molecule has 1 aliphatic heterocycles. The molecule has 0 saturated heterocycles. The van der Waals surface area contributed by atoms with E-state index in [0.717, 1.165) is 5.56 Å². The Labute approximate surface area is 127 Å². The second-order valence-electron chi connectivity index (χ2n) is 5.08. The fourth-order valence-corrected chi connectivity index (χ4v) is 2.33. The zero-order valence-corrected chi connectivity index (χ0v) is 12.1. The minimum atomic E-state index is -0.533. The number of carbonyl (C=O) groups is 1. The van der Waals surface area contributed by atoms with Crippen LogP contribution in [0.25, 0.3) is 0 Å². The maximum Gasteiger partial charge on any atom is 0.254 e. The van der Waals surface area contributed by atoms with Crippen LogP contribution in [-0.4, -0.2) is 19.1 Å². The number of hydrogen-bond acceptors (Lipinski definition) is 3. The molecule has 4 nitrogen and oxygen atoms in total. The van der Waals surface area contributed by atoms with Gasteiger partial charge in [-0.3, -0.25) is 4.79 Å². The van der Waals surface area contributed by atoms with Crippen LogP contribution in [-0.2, 0) is 0 Å². The molecule has 1 atom stereocenters. The SMILES string of the molecule is C[C@@H](NC(=O)c1ccccc1F)c1ccc2c(c1)OCCO2. The van der Waals surface area contributed by atoms with Crippen molar-refractivity contribution in [3.8, 4) is 11.5 Å². The third-order valence-corrected chi connectivity index (χ3v) is 3.53. The Bertz CT molecular complexity index is 702. The van der Waals surface area contributed by atoms with Crippen LogP contribution in [0.3, 0.4) is 0 Å². The molecule has 0 fully saturated rings. The molecule has 0 unspecified atom stereocenters. The summed E-state index contributed by atoms with van der Waals surface area (Å²) < 4.78 is 24.6. The van der Waals surface area contributed by atoms with E-state index in [-0.39, 0.29) is 11.6 Å². The molecule has 2 aromatic rings. The van der Waals surface area contributed by atoms with E-state index in [9.17, 15) is 9.18 Å². The standard InChI is InChI=1S/C17H16FNO3/c1-11(19-17(20)13-4-2-3-5-14(13)18)12-6-7-15-16(10-12)22-9-8-21-15/h2-7,10-11H,8-9H2,1H3,(H,19,20)/t11-/m1/s1. The van der Waals surface area contributed by atoms with Crippen molar-refractivity contribution < 1.29 is 18.7 Å². The highest BCUT2D eigenvalue weighted by Crippen LogP contribution is 2.32. The Kier molecular flexibility index (Phi) is 3.96. The van der Waals surface area contributed by atoms with E-state index in [2.05, 4.69) is 5.32 Å². The van der Waals surface area contributed by atoms with Crippen LogP contribution in [0.15, 0.2) is 42.5 Å². The van der Waals surface area contributed by atoms with Gasteiger partial charge in [-0.15, -0.1) is 0 Å². The molecular formula is C17H16FNO3. The quantitative estimate of drug-likeness (QED) is 0.947. The van der Waals surface area contributed by atoms with Crippen LogP contribution in [0.4, 0.5) is 4.39 Å². The first-order valence-corrected chi connectivity index (χ1v) is 7.10. The van der Waals surface area contributed by atoms with Gasteiger partial charge >= 0.3 is 0 Å². The van der Waals surface area contributed by atoms with Gasteiger partial charge in [0, 0.05) is 0 Å². The van der Waals surface area contributed by atoms with Gasteiger partial charge in [0.25, 0.3) is 5.91 Å². The summed E-state index contributed by atoms with van der Waals surface area (Å²) in [6.07, 6.45) is 0. The van der Waals surface area contributed by atoms with Gasteiger partial charge in [-0.2, -0.15) is 0 Å². The third kappa shape index (κ3) is 2.88. The summed E-state index contributed by atoms with van der Waals surface area (Å²) in [5.74, 6) is 0.383. The van der Waals surface area contributed by atoms with E-state index in [4.69, 9.17) is 9.47 Å². The Balaban J connectivity index is 1.76. The largest absolute Gasteiger partial charge is 0.486 e. The molecule has 0 bridgehead atoms. The van der Waals surface area contributed by atoms with Crippen LogP contribution < -0.4 is 14.8 Å². The van der Waals surface area contributed by atoms with Crippen LogP contribution in [0.1, 0.15) is 28.9 Å². The fourth-order valence-electron chi connectivity index (χ4n) is 2.33. The lowest BCUT2D eigenvalue weighted by molar-refractivity contribution is 0.0935. The Morgan fingerprint density at radius 3 is 2.64 bits per heavy atom. The molecule has 2 aromatic carbocycles. The first-order valence-electron chi connectivity index (χ1n) is 7.10. The predicted molar refractivity (Wildman–Crippen MR) is 79.7 cm³/mol. The molecule has 0 radical (unpaired) electrons. The van der Waals surface area contributed by atoms with E-state index in [1.54, 1.807) is 12.1 Å². The average molecular weight is 301 g/mol. The van der Waals surface area contributed by atoms with Crippen molar-refractivity contribution >= 4 is 5.91 Å². The lowest BCUT2D eigenvalue weighted by atomic mass is 10.1. The molecule has 1 heterocycles. The fraction of sp³-hybridized carbons (Fsp3) is 0.235. The van der Waals surface area contributed by atoms with E-state index in [1.807, 2.05) is 25.1 Å². The second-order valence-corrected chi connectivity index (χ2v) is 5.08. The molecule has 22 heavy (non-hydrogen) atoms. The summed E-state index contributed by atoms with van der Waals surface area (Å²) in [6.45, 7) is 2.88. The van der Waals surface area contributed by atoms with Crippen LogP contribution in [0.5, 0.6) is 11.5 Å². The molecular weight excluding hydrogens is 285 g/mol. The molecule has 3 rings (SSSR count). The van der Waals surface area contributed by atoms with Crippen molar-refractivity contribution in [2.75, 3.05) is 13.2 Å². The zero-order chi connectivity index (χ0) is 15.5. The number of nitrogens with one attached hydrogen (secondary N) is 1. The number of ether oxygens (including phenoxy) is 2. The Morgan fingerprint density at radius 2 is 1.86 bits per heavy atom. The minimum absolute atomic E-state index is 0.0342. The van der Waals surface area contributed by atoms with Crippen molar-refractivity contribution in [3.05, 3.63) is 59.4 Å². The molecule has 5 heteroatoms. The highest BCUT2D eigenvalue weighted by molar-refractivity contribution is 5.94. The topological polar surface area (TPSA) is 47.6 Å². The number of hydrogen-bond donors (Lipinski definition) is 1. The minimum Gasteiger partial charge on any atom is -0.486 e. The van der Waals surface area contributed by atoms with Gasteiger partial charge in [0.2, 0.25) is 0 Å². The van der Waals surface area contributed by atoms with Crippen LogP contribution in [0.2, 0.25) is 0 Å². The molecule has 1 aliphatic rings. The van der Waals surface area contributed by atoms with Gasteiger partial charge in [-0.1, -0.05) is 18.2 Å². The van der Waals surface area contributed by atoms with Gasteiger partial charge in [0.15, 0.2) is 11.5 Å². The van der Waals surface area contributed by atoms with E-state index in [0.29, 0.717) is 24.7 Å². The average Bonchev–Trinajstić information content (AvgIpc) is 2.54. The smallest absolute Gasteiger partial charge is 0.254 e. The van der Waals surface area contributed by atoms with Crippen LogP contribution in [0, 0.1) is 5.82 Å². The Morgan fingerprint density at radius 1 is 1.14 bits per heavy atom. The molecule has 1 N–H and O–H groups in total. The number of halogens is 1. The van der Waals surface area contributed by atoms with Crippen molar-refractivity contribution in [2.45, 2.75) is 13.0 Å². The molecule has 114 valence electrons. The summed E-state index contributed by atoms with van der Waals surface area (Å²) in [5.41, 5.74) is 0.904. The summed E-state index contributed by atoms with van der Waals surface area (Å²) >= 11 is 0. The third-order valence-electron chi connectivity index (χ3n) is 3.53.